The van der Waals surface area contributed by atoms with Gasteiger partial charge in [0.25, 0.3) is 0 Å². The van der Waals surface area contributed by atoms with Gasteiger partial charge in [-0.2, -0.15) is 0 Å². The van der Waals surface area contributed by atoms with Gasteiger partial charge in [-0.3, -0.25) is 0 Å². The summed E-state index contributed by atoms with van der Waals surface area (Å²) in [6.45, 7) is 12.6. The molecule has 0 aliphatic carbocycles. The van der Waals surface area contributed by atoms with E-state index < -0.39 is 0 Å². The molecule has 3 aromatic rings. The number of rotatable bonds is 22. The lowest BCUT2D eigenvalue weighted by Crippen LogP contribution is -2.45. The van der Waals surface area contributed by atoms with Crippen molar-refractivity contribution in [1.29, 1.82) is 0 Å². The first-order valence-corrected chi connectivity index (χ1v) is 19.3. The Kier molecular flexibility index (Phi) is 13.7. The summed E-state index contributed by atoms with van der Waals surface area (Å²) in [5.74, 6) is 1.80. The number of halogens is 2. The molecule has 0 saturated carbocycles. The molecule has 3 heterocycles. The first kappa shape index (κ1) is 35.4. The second-order valence-electron chi connectivity index (χ2n) is 13.0. The monoisotopic (exact) mass is 768 g/mol. The Labute approximate surface area is 290 Å². The van der Waals surface area contributed by atoms with Crippen LogP contribution in [0.5, 0.6) is 11.5 Å². The van der Waals surface area contributed by atoms with Gasteiger partial charge < -0.3 is 28.4 Å². The lowest BCUT2D eigenvalue weighted by molar-refractivity contribution is -0.150. The number of ether oxygens (including phenoxy) is 6. The van der Waals surface area contributed by atoms with Gasteiger partial charge in [-0.25, -0.2) is 0 Å². The van der Waals surface area contributed by atoms with Gasteiger partial charge in [0.2, 0.25) is 0 Å². The van der Waals surface area contributed by atoms with E-state index in [4.69, 9.17) is 28.4 Å². The van der Waals surface area contributed by atoms with Crippen molar-refractivity contribution < 1.29 is 28.4 Å². The average molecular weight is 771 g/mol. The van der Waals surface area contributed by atoms with Crippen LogP contribution >= 0.6 is 43.2 Å². The third-order valence-corrected chi connectivity index (χ3v) is 11.8. The van der Waals surface area contributed by atoms with Crippen LogP contribution in [0.1, 0.15) is 78.1 Å². The molecule has 250 valence electrons. The van der Waals surface area contributed by atoms with E-state index in [1.54, 1.807) is 11.3 Å². The predicted octanol–water partition coefficient (Wildman–Crippen LogP) is 10.3. The molecular weight excluding hydrogens is 720 g/mol. The predicted molar refractivity (Wildman–Crippen MR) is 191 cm³/mol. The van der Waals surface area contributed by atoms with Crippen molar-refractivity contribution in [3.63, 3.8) is 0 Å². The third-order valence-electron chi connectivity index (χ3n) is 9.41. The highest BCUT2D eigenvalue weighted by molar-refractivity contribution is 9.11. The summed E-state index contributed by atoms with van der Waals surface area (Å²) in [6, 6.07) is 8.73. The zero-order valence-electron chi connectivity index (χ0n) is 27.1. The number of hydrogen-bond acceptors (Lipinski definition) is 7. The van der Waals surface area contributed by atoms with Gasteiger partial charge in [-0.05, 0) is 107 Å². The Hall–Kier alpha value is -0.940. The van der Waals surface area contributed by atoms with Gasteiger partial charge in [0.05, 0.1) is 61.8 Å². The highest BCUT2D eigenvalue weighted by Gasteiger charge is 2.37. The molecule has 2 saturated heterocycles. The SMILES string of the molecule is CCC1(COCCCCCCOc2cc3c(cc2Br)sc2cc(Br)c(OCCCCCCOCC4(CC)COC4)cc23)COC1. The Morgan fingerprint density at radius 1 is 0.600 bits per heavy atom. The molecular formula is C36H50Br2O6S. The summed E-state index contributed by atoms with van der Waals surface area (Å²) < 4.78 is 39.6. The molecule has 0 bridgehead atoms. The third kappa shape index (κ3) is 9.58. The highest BCUT2D eigenvalue weighted by atomic mass is 79.9. The van der Waals surface area contributed by atoms with Gasteiger partial charge in [0, 0.05) is 44.2 Å². The second kappa shape index (κ2) is 17.5. The molecule has 2 aliphatic rings. The molecule has 45 heavy (non-hydrogen) atoms. The fourth-order valence-electron chi connectivity index (χ4n) is 5.82. The van der Waals surface area contributed by atoms with E-state index in [-0.39, 0.29) is 10.8 Å². The first-order chi connectivity index (χ1) is 22.0. The standard InChI is InChI=1S/C36H50Br2O6S/c1-3-35(23-41-24-35)21-39-13-9-5-7-11-15-43-31-17-27-28-18-32(30(38)20-34(28)45-33(27)19-29(31)37)44-16-12-8-6-10-14-40-22-36(4-2)25-42-26-36/h17-20H,3-16,21-26H2,1-2H3. The highest BCUT2D eigenvalue weighted by Crippen LogP contribution is 2.43. The summed E-state index contributed by atoms with van der Waals surface area (Å²) in [5.41, 5.74) is 0.558. The molecule has 2 fully saturated rings. The van der Waals surface area contributed by atoms with Crippen LogP contribution in [0.2, 0.25) is 0 Å². The van der Waals surface area contributed by atoms with Crippen molar-refractivity contribution in [2.24, 2.45) is 10.8 Å². The van der Waals surface area contributed by atoms with Gasteiger partial charge in [0.1, 0.15) is 11.5 Å². The van der Waals surface area contributed by atoms with E-state index in [1.807, 2.05) is 0 Å². The van der Waals surface area contributed by atoms with E-state index in [0.29, 0.717) is 13.2 Å². The van der Waals surface area contributed by atoms with Crippen LogP contribution in [0.4, 0.5) is 0 Å². The lowest BCUT2D eigenvalue weighted by atomic mass is 9.84. The minimum atomic E-state index is 0.279. The smallest absolute Gasteiger partial charge is 0.134 e. The molecule has 2 aliphatic heterocycles. The molecule has 0 N–H and O–H groups in total. The van der Waals surface area contributed by atoms with Crippen molar-refractivity contribution in [3.05, 3.63) is 33.2 Å². The van der Waals surface area contributed by atoms with E-state index in [1.165, 1.54) is 20.2 Å². The summed E-state index contributed by atoms with van der Waals surface area (Å²) in [6.07, 6.45) is 11.1. The summed E-state index contributed by atoms with van der Waals surface area (Å²) >= 11 is 9.28. The lowest BCUT2D eigenvalue weighted by Gasteiger charge is -2.40. The van der Waals surface area contributed by atoms with Crippen molar-refractivity contribution in [3.8, 4) is 11.5 Å². The van der Waals surface area contributed by atoms with Crippen LogP contribution in [0.15, 0.2) is 33.2 Å². The van der Waals surface area contributed by atoms with E-state index in [0.717, 1.165) is 138 Å². The zero-order chi connectivity index (χ0) is 31.5. The molecule has 0 unspecified atom stereocenters. The van der Waals surface area contributed by atoms with Gasteiger partial charge in [0.15, 0.2) is 0 Å². The van der Waals surface area contributed by atoms with Crippen LogP contribution in [-0.2, 0) is 18.9 Å². The second-order valence-corrected chi connectivity index (χ2v) is 15.8. The van der Waals surface area contributed by atoms with E-state index in [9.17, 15) is 0 Å². The molecule has 0 radical (unpaired) electrons. The molecule has 0 amide bonds. The molecule has 0 atom stereocenters. The van der Waals surface area contributed by atoms with Crippen molar-refractivity contribution >= 4 is 63.4 Å². The number of unbranched alkanes of at least 4 members (excludes halogenated alkanes) is 6. The molecule has 5 rings (SSSR count). The normalized spacial score (nSPS) is 17.0. The first-order valence-electron chi connectivity index (χ1n) is 16.9. The maximum absolute atomic E-state index is 6.24. The fourth-order valence-corrected chi connectivity index (χ4v) is 8.19. The molecule has 9 heteroatoms. The Morgan fingerprint density at radius 2 is 1.00 bits per heavy atom. The van der Waals surface area contributed by atoms with Crippen LogP contribution in [0.25, 0.3) is 20.2 Å². The van der Waals surface area contributed by atoms with Gasteiger partial charge >= 0.3 is 0 Å². The quantitative estimate of drug-likeness (QED) is 0.0949. The number of thiophene rings is 1. The van der Waals surface area contributed by atoms with Crippen LogP contribution in [-0.4, -0.2) is 66.1 Å². The topological polar surface area (TPSA) is 55.4 Å². The fraction of sp³-hybridized carbons (Fsp3) is 0.667. The minimum Gasteiger partial charge on any atom is -0.492 e. The average Bonchev–Trinajstić information content (AvgIpc) is 3.33. The largest absolute Gasteiger partial charge is 0.492 e. The Bertz CT molecular complexity index is 1240. The summed E-state index contributed by atoms with van der Waals surface area (Å²) in [5, 5.41) is 2.42. The maximum Gasteiger partial charge on any atom is 0.134 e. The van der Waals surface area contributed by atoms with Crippen LogP contribution in [0, 0.1) is 10.8 Å². The molecule has 0 spiro atoms. The summed E-state index contributed by atoms with van der Waals surface area (Å²) in [7, 11) is 0. The number of benzene rings is 2. The van der Waals surface area contributed by atoms with Gasteiger partial charge in [-0.1, -0.05) is 26.7 Å². The van der Waals surface area contributed by atoms with Crippen LogP contribution < -0.4 is 9.47 Å². The van der Waals surface area contributed by atoms with Gasteiger partial charge in [-0.15, -0.1) is 11.3 Å². The van der Waals surface area contributed by atoms with Crippen molar-refractivity contribution in [1.82, 2.24) is 0 Å². The Morgan fingerprint density at radius 3 is 1.36 bits per heavy atom. The summed E-state index contributed by atoms with van der Waals surface area (Å²) in [4.78, 5) is 0. The Balaban J connectivity index is 1.01. The number of fused-ring (bicyclic) bond motifs is 3. The van der Waals surface area contributed by atoms with E-state index >= 15 is 0 Å². The van der Waals surface area contributed by atoms with Crippen molar-refractivity contribution in [2.75, 3.05) is 66.1 Å². The zero-order valence-corrected chi connectivity index (χ0v) is 31.1. The van der Waals surface area contributed by atoms with Crippen molar-refractivity contribution in [2.45, 2.75) is 78.1 Å². The molecule has 1 aromatic heterocycles. The van der Waals surface area contributed by atoms with Crippen LogP contribution in [0.3, 0.4) is 0 Å². The maximum atomic E-state index is 6.24. The number of hydrogen-bond donors (Lipinski definition) is 0. The molecule has 6 nitrogen and oxygen atoms in total. The van der Waals surface area contributed by atoms with E-state index in [2.05, 4.69) is 70.0 Å². The molecule has 2 aromatic carbocycles. The minimum absolute atomic E-state index is 0.279.